The summed E-state index contributed by atoms with van der Waals surface area (Å²) >= 11 is 3.32. The summed E-state index contributed by atoms with van der Waals surface area (Å²) in [5.74, 6) is 2.24. The maximum atomic E-state index is 11.9. The first-order valence-electron chi connectivity index (χ1n) is 9.07. The van der Waals surface area contributed by atoms with E-state index in [-0.39, 0.29) is 5.91 Å². The summed E-state index contributed by atoms with van der Waals surface area (Å²) in [5, 5.41) is 12.5. The van der Waals surface area contributed by atoms with Crippen LogP contribution in [0.15, 0.2) is 11.2 Å². The first kappa shape index (κ1) is 17.1. The molecule has 1 unspecified atom stereocenters. The van der Waals surface area contributed by atoms with E-state index >= 15 is 0 Å². The summed E-state index contributed by atoms with van der Waals surface area (Å²) < 4.78 is 2.02. The number of carbonyl (C=O) groups is 1. The molecule has 2 aliphatic rings. The minimum absolute atomic E-state index is 0.0919. The maximum absolute atomic E-state index is 11.9. The van der Waals surface area contributed by atoms with E-state index < -0.39 is 0 Å². The van der Waals surface area contributed by atoms with Crippen molar-refractivity contribution < 1.29 is 4.79 Å². The SMILES string of the molecule is CCC1CCc2sc(-c3nnc(SCC(=O)NC4CC4)n3C)cc2C1. The molecule has 0 aromatic carbocycles. The molecule has 134 valence electrons. The van der Waals surface area contributed by atoms with Crippen LogP contribution in [0, 0.1) is 5.92 Å². The van der Waals surface area contributed by atoms with Crippen LogP contribution in [0.4, 0.5) is 0 Å². The monoisotopic (exact) mass is 376 g/mol. The lowest BCUT2D eigenvalue weighted by Crippen LogP contribution is -2.27. The minimum atomic E-state index is 0.0919. The molecular formula is C18H24N4OS2. The lowest BCUT2D eigenvalue weighted by molar-refractivity contribution is -0.118. The van der Waals surface area contributed by atoms with Crippen molar-refractivity contribution >= 4 is 29.0 Å². The Morgan fingerprint density at radius 2 is 2.24 bits per heavy atom. The number of aromatic nitrogens is 3. The first-order chi connectivity index (χ1) is 12.1. The van der Waals surface area contributed by atoms with Gasteiger partial charge in [0.05, 0.1) is 10.6 Å². The zero-order chi connectivity index (χ0) is 17.4. The molecule has 2 heterocycles. The lowest BCUT2D eigenvalue weighted by Gasteiger charge is -2.19. The van der Waals surface area contributed by atoms with Gasteiger partial charge in [0, 0.05) is 18.0 Å². The van der Waals surface area contributed by atoms with E-state index in [1.807, 2.05) is 23.0 Å². The van der Waals surface area contributed by atoms with Crippen LogP contribution in [0.3, 0.4) is 0 Å². The molecule has 1 N–H and O–H groups in total. The highest BCUT2D eigenvalue weighted by atomic mass is 32.2. The molecule has 1 saturated carbocycles. The molecule has 1 amide bonds. The van der Waals surface area contributed by atoms with Gasteiger partial charge < -0.3 is 9.88 Å². The van der Waals surface area contributed by atoms with Crippen molar-refractivity contribution in [2.24, 2.45) is 13.0 Å². The van der Waals surface area contributed by atoms with Crippen LogP contribution in [0.1, 0.15) is 43.0 Å². The highest BCUT2D eigenvalue weighted by Crippen LogP contribution is 2.38. The molecule has 7 heteroatoms. The smallest absolute Gasteiger partial charge is 0.230 e. The number of hydrogen-bond donors (Lipinski definition) is 1. The fraction of sp³-hybridized carbons (Fsp3) is 0.611. The molecule has 1 fully saturated rings. The molecule has 0 spiro atoms. The average molecular weight is 377 g/mol. The second kappa shape index (κ2) is 7.11. The normalized spacial score (nSPS) is 19.7. The Hall–Kier alpha value is -1.34. The molecule has 0 saturated heterocycles. The van der Waals surface area contributed by atoms with Gasteiger partial charge in [-0.25, -0.2) is 0 Å². The third kappa shape index (κ3) is 3.77. The molecule has 2 aromatic heterocycles. The fourth-order valence-corrected chi connectivity index (χ4v) is 5.29. The Labute approximate surface area is 156 Å². The lowest BCUT2D eigenvalue weighted by atomic mass is 9.87. The van der Waals surface area contributed by atoms with Crippen molar-refractivity contribution in [2.45, 2.75) is 56.6 Å². The third-order valence-electron chi connectivity index (χ3n) is 5.09. The predicted octanol–water partition coefficient (Wildman–Crippen LogP) is 3.43. The van der Waals surface area contributed by atoms with Gasteiger partial charge in [-0.2, -0.15) is 0 Å². The van der Waals surface area contributed by atoms with E-state index in [2.05, 4.69) is 28.5 Å². The van der Waals surface area contributed by atoms with Gasteiger partial charge in [-0.3, -0.25) is 4.79 Å². The number of thiophene rings is 1. The van der Waals surface area contributed by atoms with Crippen molar-refractivity contribution in [3.8, 4) is 10.7 Å². The summed E-state index contributed by atoms with van der Waals surface area (Å²) in [6.07, 6.45) is 7.19. The van der Waals surface area contributed by atoms with E-state index in [4.69, 9.17) is 0 Å². The van der Waals surface area contributed by atoms with Crippen molar-refractivity contribution in [2.75, 3.05) is 5.75 Å². The van der Waals surface area contributed by atoms with Crippen LogP contribution in [0.25, 0.3) is 10.7 Å². The standard InChI is InChI=1S/C18H24N4OS2/c1-3-11-4-7-14-12(8-11)9-15(25-14)17-20-21-18(22(17)2)24-10-16(23)19-13-5-6-13/h9,11,13H,3-8,10H2,1-2H3,(H,19,23). The van der Waals surface area contributed by atoms with Crippen LogP contribution in [-0.2, 0) is 24.7 Å². The van der Waals surface area contributed by atoms with Gasteiger partial charge >= 0.3 is 0 Å². The van der Waals surface area contributed by atoms with E-state index in [0.29, 0.717) is 11.8 Å². The number of rotatable bonds is 6. The van der Waals surface area contributed by atoms with E-state index in [9.17, 15) is 4.79 Å². The molecular weight excluding hydrogens is 352 g/mol. The highest BCUT2D eigenvalue weighted by Gasteiger charge is 2.24. The van der Waals surface area contributed by atoms with Crippen molar-refractivity contribution in [3.63, 3.8) is 0 Å². The quantitative estimate of drug-likeness (QED) is 0.785. The zero-order valence-corrected chi connectivity index (χ0v) is 16.4. The fourth-order valence-electron chi connectivity index (χ4n) is 3.34. The number of nitrogens with zero attached hydrogens (tertiary/aromatic N) is 3. The van der Waals surface area contributed by atoms with E-state index in [1.54, 1.807) is 0 Å². The first-order valence-corrected chi connectivity index (χ1v) is 10.9. The molecule has 25 heavy (non-hydrogen) atoms. The van der Waals surface area contributed by atoms with Gasteiger partial charge in [0.15, 0.2) is 11.0 Å². The van der Waals surface area contributed by atoms with E-state index in [1.165, 1.54) is 52.8 Å². The Kier molecular flexibility index (Phi) is 4.86. The number of carbonyl (C=O) groups excluding carboxylic acids is 1. The maximum Gasteiger partial charge on any atom is 0.230 e. The summed E-state index contributed by atoms with van der Waals surface area (Å²) in [6.45, 7) is 2.29. The van der Waals surface area contributed by atoms with Crippen LogP contribution in [0.2, 0.25) is 0 Å². The topological polar surface area (TPSA) is 59.8 Å². The molecule has 2 aliphatic carbocycles. The molecule has 2 aromatic rings. The van der Waals surface area contributed by atoms with Gasteiger partial charge in [0.1, 0.15) is 0 Å². The predicted molar refractivity (Wildman–Crippen MR) is 102 cm³/mol. The third-order valence-corrected chi connectivity index (χ3v) is 7.35. The number of aryl methyl sites for hydroxylation is 1. The summed E-state index contributed by atoms with van der Waals surface area (Å²) in [6, 6.07) is 2.72. The highest BCUT2D eigenvalue weighted by molar-refractivity contribution is 7.99. The second-order valence-electron chi connectivity index (χ2n) is 7.07. The molecule has 0 radical (unpaired) electrons. The van der Waals surface area contributed by atoms with Crippen LogP contribution in [-0.4, -0.2) is 32.5 Å². The molecule has 0 aliphatic heterocycles. The summed E-state index contributed by atoms with van der Waals surface area (Å²) in [7, 11) is 1.99. The Balaban J connectivity index is 1.45. The summed E-state index contributed by atoms with van der Waals surface area (Å²) in [5.41, 5.74) is 1.50. The number of thioether (sulfide) groups is 1. The van der Waals surface area contributed by atoms with Gasteiger partial charge in [-0.1, -0.05) is 25.1 Å². The van der Waals surface area contributed by atoms with Crippen LogP contribution in [0.5, 0.6) is 0 Å². The van der Waals surface area contributed by atoms with Crippen LogP contribution < -0.4 is 5.32 Å². The Morgan fingerprint density at radius 1 is 1.40 bits per heavy atom. The Morgan fingerprint density at radius 3 is 3.00 bits per heavy atom. The molecule has 0 bridgehead atoms. The minimum Gasteiger partial charge on any atom is -0.353 e. The number of fused-ring (bicyclic) bond motifs is 1. The van der Waals surface area contributed by atoms with Crippen molar-refractivity contribution in [1.29, 1.82) is 0 Å². The van der Waals surface area contributed by atoms with E-state index in [0.717, 1.165) is 29.7 Å². The second-order valence-corrected chi connectivity index (χ2v) is 9.15. The van der Waals surface area contributed by atoms with Crippen molar-refractivity contribution in [3.05, 3.63) is 16.5 Å². The molecule has 1 atom stereocenters. The van der Waals surface area contributed by atoms with Gasteiger partial charge in [-0.05, 0) is 49.7 Å². The van der Waals surface area contributed by atoms with Gasteiger partial charge in [0.25, 0.3) is 0 Å². The number of amides is 1. The molecule has 4 rings (SSSR count). The number of nitrogens with one attached hydrogen (secondary N) is 1. The van der Waals surface area contributed by atoms with Gasteiger partial charge in [-0.15, -0.1) is 21.5 Å². The van der Waals surface area contributed by atoms with Gasteiger partial charge in [0.2, 0.25) is 5.91 Å². The van der Waals surface area contributed by atoms with Crippen molar-refractivity contribution in [1.82, 2.24) is 20.1 Å². The average Bonchev–Trinajstić information content (AvgIpc) is 3.19. The zero-order valence-electron chi connectivity index (χ0n) is 14.7. The molecule has 5 nitrogen and oxygen atoms in total. The largest absolute Gasteiger partial charge is 0.353 e. The van der Waals surface area contributed by atoms with Crippen LogP contribution >= 0.6 is 23.1 Å². The Bertz CT molecular complexity index is 778. The number of hydrogen-bond acceptors (Lipinski definition) is 5. The summed E-state index contributed by atoms with van der Waals surface area (Å²) in [4.78, 5) is 14.6.